The SMILES string of the molecule is CCOCc1[nH]c(C)c(-c2ccc(F)cc2)c(=O)c1C(=O)O. The highest BCUT2D eigenvalue weighted by Gasteiger charge is 2.21. The van der Waals surface area contributed by atoms with Gasteiger partial charge in [0.25, 0.3) is 0 Å². The van der Waals surface area contributed by atoms with Gasteiger partial charge < -0.3 is 14.8 Å². The normalized spacial score (nSPS) is 10.7. The van der Waals surface area contributed by atoms with Crippen LogP contribution in [0, 0.1) is 12.7 Å². The second-order valence-corrected chi connectivity index (χ2v) is 4.76. The van der Waals surface area contributed by atoms with Gasteiger partial charge in [0, 0.05) is 17.9 Å². The molecule has 0 saturated heterocycles. The first kappa shape index (κ1) is 15.9. The second-order valence-electron chi connectivity index (χ2n) is 4.76. The van der Waals surface area contributed by atoms with Crippen LogP contribution in [-0.2, 0) is 11.3 Å². The molecule has 1 aromatic carbocycles. The molecule has 0 bridgehead atoms. The predicted molar refractivity (Wildman–Crippen MR) is 79.5 cm³/mol. The smallest absolute Gasteiger partial charge is 0.341 e. The molecule has 1 heterocycles. The number of halogens is 1. The first-order chi connectivity index (χ1) is 10.5. The van der Waals surface area contributed by atoms with E-state index in [0.29, 0.717) is 17.9 Å². The number of carboxylic acids is 1. The minimum atomic E-state index is -1.32. The van der Waals surface area contributed by atoms with Crippen molar-refractivity contribution in [2.75, 3.05) is 6.61 Å². The van der Waals surface area contributed by atoms with Crippen LogP contribution in [0.5, 0.6) is 0 Å². The number of aromatic nitrogens is 1. The minimum absolute atomic E-state index is 0.0118. The first-order valence-electron chi connectivity index (χ1n) is 6.78. The molecule has 0 radical (unpaired) electrons. The maximum atomic E-state index is 13.0. The Morgan fingerprint density at radius 3 is 2.50 bits per heavy atom. The Labute approximate surface area is 126 Å². The molecular formula is C16H16FNO4. The summed E-state index contributed by atoms with van der Waals surface area (Å²) in [5.41, 5.74) is 0.464. The number of carbonyl (C=O) groups is 1. The van der Waals surface area contributed by atoms with Crippen LogP contribution < -0.4 is 5.43 Å². The summed E-state index contributed by atoms with van der Waals surface area (Å²) in [5, 5.41) is 9.32. The van der Waals surface area contributed by atoms with E-state index in [1.165, 1.54) is 24.3 Å². The van der Waals surface area contributed by atoms with Gasteiger partial charge in [0.15, 0.2) is 0 Å². The largest absolute Gasteiger partial charge is 0.477 e. The predicted octanol–water partition coefficient (Wildman–Crippen LogP) is 2.72. The number of aromatic amines is 1. The van der Waals surface area contributed by atoms with Gasteiger partial charge in [-0.25, -0.2) is 9.18 Å². The van der Waals surface area contributed by atoms with Gasteiger partial charge in [-0.1, -0.05) is 12.1 Å². The summed E-state index contributed by atoms with van der Waals surface area (Å²) in [6.07, 6.45) is 0. The molecule has 1 aromatic heterocycles. The van der Waals surface area contributed by atoms with Gasteiger partial charge in [-0.15, -0.1) is 0 Å². The lowest BCUT2D eigenvalue weighted by atomic mass is 10.00. The fourth-order valence-corrected chi connectivity index (χ4v) is 2.29. The molecular weight excluding hydrogens is 289 g/mol. The molecule has 2 N–H and O–H groups in total. The summed E-state index contributed by atoms with van der Waals surface area (Å²) < 4.78 is 18.2. The molecule has 0 unspecified atom stereocenters. The Balaban J connectivity index is 2.66. The van der Waals surface area contributed by atoms with Crippen molar-refractivity contribution in [2.24, 2.45) is 0 Å². The van der Waals surface area contributed by atoms with Gasteiger partial charge in [0.1, 0.15) is 11.4 Å². The Kier molecular flexibility index (Phi) is 4.72. The van der Waals surface area contributed by atoms with E-state index in [2.05, 4.69) is 4.98 Å². The number of carboxylic acid groups (broad SMARTS) is 1. The molecule has 0 aliphatic rings. The van der Waals surface area contributed by atoms with E-state index >= 15 is 0 Å². The van der Waals surface area contributed by atoms with Crippen LogP contribution in [-0.4, -0.2) is 22.7 Å². The van der Waals surface area contributed by atoms with E-state index in [-0.39, 0.29) is 23.4 Å². The minimum Gasteiger partial charge on any atom is -0.477 e. The van der Waals surface area contributed by atoms with Gasteiger partial charge in [-0.3, -0.25) is 4.79 Å². The average molecular weight is 305 g/mol. The monoisotopic (exact) mass is 305 g/mol. The van der Waals surface area contributed by atoms with Gasteiger partial charge in [0.2, 0.25) is 5.43 Å². The van der Waals surface area contributed by atoms with E-state index < -0.39 is 17.2 Å². The van der Waals surface area contributed by atoms with E-state index in [1.54, 1.807) is 13.8 Å². The lowest BCUT2D eigenvalue weighted by molar-refractivity contribution is 0.0685. The van der Waals surface area contributed by atoms with Crippen LogP contribution >= 0.6 is 0 Å². The van der Waals surface area contributed by atoms with Gasteiger partial charge in [-0.05, 0) is 31.5 Å². The number of ether oxygens (including phenoxy) is 1. The number of benzene rings is 1. The number of nitrogens with one attached hydrogen (secondary N) is 1. The third kappa shape index (κ3) is 3.07. The van der Waals surface area contributed by atoms with Gasteiger partial charge >= 0.3 is 5.97 Å². The number of hydrogen-bond acceptors (Lipinski definition) is 3. The van der Waals surface area contributed by atoms with Crippen LogP contribution in [0.15, 0.2) is 29.1 Å². The number of aromatic carboxylic acids is 1. The number of pyridine rings is 1. The topological polar surface area (TPSA) is 79.4 Å². The fraction of sp³-hybridized carbons (Fsp3) is 0.250. The summed E-state index contributed by atoms with van der Waals surface area (Å²) in [6.45, 7) is 3.86. The van der Waals surface area contributed by atoms with Crippen molar-refractivity contribution < 1.29 is 19.0 Å². The lowest BCUT2D eigenvalue weighted by Crippen LogP contribution is -2.23. The van der Waals surface area contributed by atoms with Crippen LogP contribution in [0.4, 0.5) is 4.39 Å². The molecule has 0 amide bonds. The molecule has 6 heteroatoms. The van der Waals surface area contributed by atoms with Crippen molar-refractivity contribution >= 4 is 5.97 Å². The zero-order valence-corrected chi connectivity index (χ0v) is 12.3. The van der Waals surface area contributed by atoms with E-state index in [1.807, 2.05) is 0 Å². The van der Waals surface area contributed by atoms with Crippen LogP contribution in [0.25, 0.3) is 11.1 Å². The summed E-state index contributed by atoms with van der Waals surface area (Å²) >= 11 is 0. The molecule has 116 valence electrons. The van der Waals surface area contributed by atoms with Crippen molar-refractivity contribution in [1.29, 1.82) is 0 Å². The fourth-order valence-electron chi connectivity index (χ4n) is 2.29. The zero-order valence-electron chi connectivity index (χ0n) is 12.3. The number of rotatable bonds is 5. The third-order valence-corrected chi connectivity index (χ3v) is 3.27. The maximum Gasteiger partial charge on any atom is 0.341 e. The van der Waals surface area contributed by atoms with Crippen molar-refractivity contribution in [3.63, 3.8) is 0 Å². The third-order valence-electron chi connectivity index (χ3n) is 3.27. The molecule has 2 aromatic rings. The van der Waals surface area contributed by atoms with Crippen LogP contribution in [0.3, 0.4) is 0 Å². The van der Waals surface area contributed by atoms with Crippen molar-refractivity contribution in [1.82, 2.24) is 4.98 Å². The number of H-pyrrole nitrogens is 1. The number of aryl methyl sites for hydroxylation is 1. The Morgan fingerprint density at radius 2 is 1.95 bits per heavy atom. The molecule has 0 aliphatic carbocycles. The van der Waals surface area contributed by atoms with Crippen molar-refractivity contribution in [3.05, 3.63) is 57.3 Å². The highest BCUT2D eigenvalue weighted by Crippen LogP contribution is 2.21. The van der Waals surface area contributed by atoms with Crippen LogP contribution in [0.1, 0.15) is 28.7 Å². The van der Waals surface area contributed by atoms with E-state index in [0.717, 1.165) is 0 Å². The molecule has 0 aliphatic heterocycles. The summed E-state index contributed by atoms with van der Waals surface area (Å²) in [5.74, 6) is -1.75. The highest BCUT2D eigenvalue weighted by atomic mass is 19.1. The van der Waals surface area contributed by atoms with Crippen molar-refractivity contribution in [2.45, 2.75) is 20.5 Å². The van der Waals surface area contributed by atoms with Crippen molar-refractivity contribution in [3.8, 4) is 11.1 Å². The molecule has 0 saturated carbocycles. The summed E-state index contributed by atoms with van der Waals surface area (Å²) in [4.78, 5) is 26.9. The van der Waals surface area contributed by atoms with Gasteiger partial charge in [-0.2, -0.15) is 0 Å². The Morgan fingerprint density at radius 1 is 1.32 bits per heavy atom. The zero-order chi connectivity index (χ0) is 16.3. The van der Waals surface area contributed by atoms with E-state index in [9.17, 15) is 19.1 Å². The second kappa shape index (κ2) is 6.53. The lowest BCUT2D eigenvalue weighted by Gasteiger charge is -2.12. The summed E-state index contributed by atoms with van der Waals surface area (Å²) in [6, 6.07) is 5.34. The van der Waals surface area contributed by atoms with Gasteiger partial charge in [0.05, 0.1) is 12.3 Å². The molecule has 0 spiro atoms. The average Bonchev–Trinajstić information content (AvgIpc) is 2.46. The highest BCUT2D eigenvalue weighted by molar-refractivity contribution is 5.90. The molecule has 22 heavy (non-hydrogen) atoms. The summed E-state index contributed by atoms with van der Waals surface area (Å²) in [7, 11) is 0. The quantitative estimate of drug-likeness (QED) is 0.890. The molecule has 0 atom stereocenters. The first-order valence-corrected chi connectivity index (χ1v) is 6.78. The van der Waals surface area contributed by atoms with Crippen LogP contribution in [0.2, 0.25) is 0 Å². The Hall–Kier alpha value is -2.47. The van der Waals surface area contributed by atoms with E-state index in [4.69, 9.17) is 4.74 Å². The molecule has 5 nitrogen and oxygen atoms in total. The number of hydrogen-bond donors (Lipinski definition) is 2. The standard InChI is InChI=1S/C16H16FNO4/c1-3-22-8-12-14(16(20)21)15(19)13(9(2)18-12)10-4-6-11(17)7-5-10/h4-7H,3,8H2,1-2H3,(H,18,19)(H,20,21). The maximum absolute atomic E-state index is 13.0. The Bertz CT molecular complexity index is 750. The molecule has 0 fully saturated rings. The molecule has 2 rings (SSSR count).